The van der Waals surface area contributed by atoms with E-state index in [1.165, 1.54) is 0 Å². The van der Waals surface area contributed by atoms with Crippen molar-refractivity contribution in [3.63, 3.8) is 0 Å². The predicted molar refractivity (Wildman–Crippen MR) is 73.8 cm³/mol. The highest BCUT2D eigenvalue weighted by atomic mass is 16.5. The zero-order valence-electron chi connectivity index (χ0n) is 11.9. The van der Waals surface area contributed by atoms with E-state index >= 15 is 0 Å². The Bertz CT molecular complexity index is 599. The first kappa shape index (κ1) is 13.5. The molecule has 0 aliphatic rings. The van der Waals surface area contributed by atoms with Gasteiger partial charge in [-0.05, 0) is 19.1 Å². The fourth-order valence-electron chi connectivity index (χ4n) is 1.97. The van der Waals surface area contributed by atoms with E-state index in [1.807, 2.05) is 42.8 Å². The van der Waals surface area contributed by atoms with Crippen molar-refractivity contribution in [1.82, 2.24) is 0 Å². The van der Waals surface area contributed by atoms with E-state index in [0.717, 1.165) is 34.9 Å². The van der Waals surface area contributed by atoms with Gasteiger partial charge in [0.15, 0.2) is 0 Å². The molecule has 1 heterocycles. The molecule has 2 aromatic rings. The Morgan fingerprint density at radius 1 is 1.37 bits per heavy atom. The second-order valence-corrected chi connectivity index (χ2v) is 4.23. The summed E-state index contributed by atoms with van der Waals surface area (Å²) in [5, 5.41) is 0. The van der Waals surface area contributed by atoms with Crippen LogP contribution in [0.3, 0.4) is 0 Å². The molecule has 4 nitrogen and oxygen atoms in total. The number of oxazole rings is 1. The number of aryl methyl sites for hydroxylation is 1. The van der Waals surface area contributed by atoms with Crippen LogP contribution in [0.25, 0.3) is 17.2 Å². The summed E-state index contributed by atoms with van der Waals surface area (Å²) in [7, 11) is 3.63. The average Bonchev–Trinajstić information content (AvgIpc) is 2.74. The fourth-order valence-corrected chi connectivity index (χ4v) is 1.97. The lowest BCUT2D eigenvalue weighted by atomic mass is 10.3. The molecule has 1 aromatic heterocycles. The van der Waals surface area contributed by atoms with Crippen molar-refractivity contribution in [2.45, 2.75) is 20.3 Å². The molecule has 0 bridgehead atoms. The first-order chi connectivity index (χ1) is 9.19. The summed E-state index contributed by atoms with van der Waals surface area (Å²) in [5.41, 5.74) is 1.83. The minimum atomic E-state index is 0.664. The first-order valence-corrected chi connectivity index (χ1v) is 6.49. The number of fused-ring (bicyclic) bond motifs is 1. The number of aromatic nitrogens is 1. The molecule has 0 fully saturated rings. The molecule has 102 valence electrons. The molecule has 0 radical (unpaired) electrons. The molecule has 0 amide bonds. The van der Waals surface area contributed by atoms with Gasteiger partial charge in [-0.25, -0.2) is 0 Å². The maximum Gasteiger partial charge on any atom is 0.377 e. The standard InChI is InChI=1S/C15H20NO3/c1-5-11(18-6-2)10-15-16(3)13-9-12(17-4)7-8-14(13)19-15/h7-10H,5-6H2,1-4H3/q+1/b11-10-. The van der Waals surface area contributed by atoms with Crippen molar-refractivity contribution in [2.24, 2.45) is 7.05 Å². The lowest BCUT2D eigenvalue weighted by molar-refractivity contribution is -0.652. The molecular weight excluding hydrogens is 242 g/mol. The zero-order chi connectivity index (χ0) is 13.8. The normalized spacial score (nSPS) is 11.9. The molecule has 0 saturated heterocycles. The number of methoxy groups -OCH3 is 1. The van der Waals surface area contributed by atoms with Crippen LogP contribution in [0.5, 0.6) is 5.75 Å². The van der Waals surface area contributed by atoms with E-state index in [1.54, 1.807) is 7.11 Å². The summed E-state index contributed by atoms with van der Waals surface area (Å²) in [5.74, 6) is 2.51. The number of nitrogens with zero attached hydrogens (tertiary/aromatic N) is 1. The highest BCUT2D eigenvalue weighted by molar-refractivity contribution is 5.71. The van der Waals surface area contributed by atoms with E-state index in [9.17, 15) is 0 Å². The first-order valence-electron chi connectivity index (χ1n) is 6.49. The summed E-state index contributed by atoms with van der Waals surface area (Å²) >= 11 is 0. The number of allylic oxidation sites excluding steroid dienone is 1. The minimum absolute atomic E-state index is 0.664. The van der Waals surface area contributed by atoms with Gasteiger partial charge in [0.2, 0.25) is 5.58 Å². The molecule has 0 N–H and O–H groups in total. The molecule has 1 aromatic carbocycles. The SMILES string of the molecule is CCO/C(=C\c1oc2ccc(OC)cc2[n+]1C)CC. The third kappa shape index (κ3) is 2.72. The fraction of sp³-hybridized carbons (Fsp3) is 0.400. The zero-order valence-corrected chi connectivity index (χ0v) is 11.9. The van der Waals surface area contributed by atoms with Gasteiger partial charge in [0.1, 0.15) is 18.6 Å². The van der Waals surface area contributed by atoms with Crippen LogP contribution < -0.4 is 9.30 Å². The second kappa shape index (κ2) is 5.78. The molecule has 4 heteroatoms. The van der Waals surface area contributed by atoms with Crippen molar-refractivity contribution < 1.29 is 18.5 Å². The van der Waals surface area contributed by atoms with Crippen molar-refractivity contribution in [3.8, 4) is 5.75 Å². The smallest absolute Gasteiger partial charge is 0.377 e. The van der Waals surface area contributed by atoms with Gasteiger partial charge in [-0.2, -0.15) is 4.57 Å². The molecule has 0 atom stereocenters. The van der Waals surface area contributed by atoms with E-state index < -0.39 is 0 Å². The molecule has 2 rings (SSSR count). The Labute approximate surface area is 113 Å². The third-order valence-corrected chi connectivity index (χ3v) is 3.04. The summed E-state index contributed by atoms with van der Waals surface area (Å²) in [6, 6.07) is 5.77. The van der Waals surface area contributed by atoms with Crippen LogP contribution in [0.15, 0.2) is 28.4 Å². The van der Waals surface area contributed by atoms with Gasteiger partial charge in [-0.1, -0.05) is 6.92 Å². The summed E-state index contributed by atoms with van der Waals surface area (Å²) in [4.78, 5) is 0. The second-order valence-electron chi connectivity index (χ2n) is 4.23. The minimum Gasteiger partial charge on any atom is -0.498 e. The molecule has 0 aliphatic carbocycles. The average molecular weight is 262 g/mol. The number of hydrogen-bond donors (Lipinski definition) is 0. The molecule has 0 saturated carbocycles. The van der Waals surface area contributed by atoms with Crippen molar-refractivity contribution >= 4 is 17.2 Å². The van der Waals surface area contributed by atoms with Crippen LogP contribution in [0.2, 0.25) is 0 Å². The summed E-state index contributed by atoms with van der Waals surface area (Å²) in [6.45, 7) is 4.71. The van der Waals surface area contributed by atoms with Gasteiger partial charge in [-0.15, -0.1) is 0 Å². The molecule has 0 spiro atoms. The van der Waals surface area contributed by atoms with Gasteiger partial charge in [0.05, 0.1) is 25.9 Å². The third-order valence-electron chi connectivity index (χ3n) is 3.04. The number of ether oxygens (including phenoxy) is 2. The van der Waals surface area contributed by atoms with Gasteiger partial charge in [0.25, 0.3) is 5.52 Å². The Hall–Kier alpha value is -1.97. The van der Waals surface area contributed by atoms with Crippen LogP contribution in [0, 0.1) is 0 Å². The largest absolute Gasteiger partial charge is 0.498 e. The van der Waals surface area contributed by atoms with Crippen LogP contribution in [-0.2, 0) is 11.8 Å². The van der Waals surface area contributed by atoms with E-state index in [-0.39, 0.29) is 0 Å². The molecule has 19 heavy (non-hydrogen) atoms. The van der Waals surface area contributed by atoms with Gasteiger partial charge in [0, 0.05) is 6.42 Å². The van der Waals surface area contributed by atoms with Crippen LogP contribution >= 0.6 is 0 Å². The summed E-state index contributed by atoms with van der Waals surface area (Å²) in [6.07, 6.45) is 2.78. The number of hydrogen-bond acceptors (Lipinski definition) is 3. The monoisotopic (exact) mass is 262 g/mol. The Morgan fingerprint density at radius 2 is 2.16 bits per heavy atom. The molecule has 0 unspecified atom stereocenters. The lowest BCUT2D eigenvalue weighted by Gasteiger charge is -2.02. The predicted octanol–water partition coefficient (Wildman–Crippen LogP) is 3.05. The van der Waals surface area contributed by atoms with E-state index in [4.69, 9.17) is 13.9 Å². The summed E-state index contributed by atoms with van der Waals surface area (Å²) < 4.78 is 18.6. The van der Waals surface area contributed by atoms with Gasteiger partial charge >= 0.3 is 5.89 Å². The van der Waals surface area contributed by atoms with Crippen molar-refractivity contribution in [2.75, 3.05) is 13.7 Å². The Balaban J connectivity index is 2.47. The number of benzene rings is 1. The lowest BCUT2D eigenvalue weighted by Crippen LogP contribution is -2.29. The Kier molecular flexibility index (Phi) is 4.10. The van der Waals surface area contributed by atoms with Crippen LogP contribution in [-0.4, -0.2) is 13.7 Å². The maximum atomic E-state index is 5.83. The quantitative estimate of drug-likeness (QED) is 0.613. The topological polar surface area (TPSA) is 35.5 Å². The highest BCUT2D eigenvalue weighted by Gasteiger charge is 2.18. The highest BCUT2D eigenvalue weighted by Crippen LogP contribution is 2.21. The van der Waals surface area contributed by atoms with Gasteiger partial charge < -0.3 is 13.9 Å². The Morgan fingerprint density at radius 3 is 2.79 bits per heavy atom. The van der Waals surface area contributed by atoms with Crippen LogP contribution in [0.4, 0.5) is 0 Å². The van der Waals surface area contributed by atoms with Gasteiger partial charge in [-0.3, -0.25) is 0 Å². The molecular formula is C15H20NO3+. The maximum absolute atomic E-state index is 5.83. The number of rotatable bonds is 5. The molecule has 0 aliphatic heterocycles. The van der Waals surface area contributed by atoms with Crippen molar-refractivity contribution in [1.29, 1.82) is 0 Å². The van der Waals surface area contributed by atoms with E-state index in [0.29, 0.717) is 6.61 Å². The van der Waals surface area contributed by atoms with Crippen molar-refractivity contribution in [3.05, 3.63) is 29.8 Å². The van der Waals surface area contributed by atoms with E-state index in [2.05, 4.69) is 6.92 Å². The van der Waals surface area contributed by atoms with Crippen LogP contribution in [0.1, 0.15) is 26.2 Å².